The Morgan fingerprint density at radius 3 is 1.57 bits per heavy atom. The maximum absolute atomic E-state index is 9.01. The molecule has 0 radical (unpaired) electrons. The number of hydrogen-bond donors (Lipinski definition) is 2. The maximum atomic E-state index is 9.01. The lowest BCUT2D eigenvalue weighted by Gasteiger charge is -1.73. The molecule has 5 heteroatoms. The van der Waals surface area contributed by atoms with Crippen LogP contribution in [-0.2, 0) is 15.7 Å². The summed E-state index contributed by atoms with van der Waals surface area (Å²) in [5.74, 6) is 0. The fourth-order valence-corrected chi connectivity index (χ4v) is 0. The van der Waals surface area contributed by atoms with Gasteiger partial charge in [0.15, 0.2) is 0 Å². The summed E-state index contributed by atoms with van der Waals surface area (Å²) in [5.41, 5.74) is 0. The smallest absolute Gasteiger partial charge is 0.282 e. The molecule has 0 rings (SSSR count). The topological polar surface area (TPSA) is 66.8 Å². The second-order valence-corrected chi connectivity index (χ2v) is 0.875. The third-order valence-electron chi connectivity index (χ3n) is 0.0638. The molecule has 0 heterocycles. The van der Waals surface area contributed by atoms with Gasteiger partial charge in [-0.15, -0.1) is 4.33 Å². The summed E-state index contributed by atoms with van der Waals surface area (Å²) in [4.78, 5) is 0. The van der Waals surface area contributed by atoms with E-state index in [-0.39, 0.29) is 14.9 Å². The van der Waals surface area contributed by atoms with Crippen molar-refractivity contribution in [3.63, 3.8) is 0 Å². The van der Waals surface area contributed by atoms with E-state index in [2.05, 4.69) is 4.33 Å². The molecule has 0 aliphatic rings. The summed E-state index contributed by atoms with van der Waals surface area (Å²) in [6, 6.07) is 0. The van der Waals surface area contributed by atoms with Crippen LogP contribution in [0.3, 0.4) is 0 Å². The fraction of sp³-hybridized carbons (Fsp3) is 1.00. The minimum absolute atomic E-state index is 0. The lowest BCUT2D eigenvalue weighted by molar-refractivity contribution is -0.131. The van der Waals surface area contributed by atoms with Crippen molar-refractivity contribution in [3.05, 3.63) is 0 Å². The zero-order valence-corrected chi connectivity index (χ0v) is 2.94. The van der Waals surface area contributed by atoms with Crippen LogP contribution >= 0.6 is 0 Å². The van der Waals surface area contributed by atoms with Gasteiger partial charge in [-0.3, -0.25) is 4.55 Å². The number of rotatable bonds is 1. The summed E-state index contributed by atoms with van der Waals surface area (Å²) in [6.45, 7) is 0. The molecule has 0 fully saturated rings. The van der Waals surface area contributed by atoms with Crippen LogP contribution in [0.15, 0.2) is 0 Å². The molecule has 0 bridgehead atoms. The van der Waals surface area contributed by atoms with Gasteiger partial charge >= 0.3 is 11.4 Å². The van der Waals surface area contributed by atoms with E-state index in [0.717, 1.165) is 0 Å². The Labute approximate surface area is 45.5 Å². The van der Waals surface area contributed by atoms with Crippen LogP contribution < -0.4 is 0 Å². The van der Waals surface area contributed by atoms with Gasteiger partial charge in [0.2, 0.25) is 0 Å². The Morgan fingerprint density at radius 1 is 1.43 bits per heavy atom. The van der Waals surface area contributed by atoms with Crippen molar-refractivity contribution < 1.29 is 18.4 Å². The van der Waals surface area contributed by atoms with Crippen molar-refractivity contribution in [1.82, 2.24) is 0 Å². The first-order chi connectivity index (χ1) is 2.27. The normalized spacial score (nSPS) is 10.6. The maximum Gasteiger partial charge on any atom is 0.330 e. The van der Waals surface area contributed by atoms with Gasteiger partial charge in [0.1, 0.15) is 0 Å². The fourth-order valence-electron chi connectivity index (χ4n) is 0. The second kappa shape index (κ2) is 9.39. The van der Waals surface area contributed by atoms with Crippen LogP contribution in [0.1, 0.15) is 14.9 Å². The summed E-state index contributed by atoms with van der Waals surface area (Å²) in [5, 5.41) is 7.09. The van der Waals surface area contributed by atoms with Crippen molar-refractivity contribution in [1.29, 1.82) is 0 Å². The zero-order chi connectivity index (χ0) is 4.28. The van der Waals surface area contributed by atoms with Crippen LogP contribution in [-0.4, -0.2) is 14.0 Å². The SMILES string of the molecule is C.C.O=S(O)OO. The minimum Gasteiger partial charge on any atom is -0.282 e. The van der Waals surface area contributed by atoms with E-state index < -0.39 is 11.4 Å². The van der Waals surface area contributed by atoms with Crippen molar-refractivity contribution in [2.45, 2.75) is 14.9 Å². The summed E-state index contributed by atoms with van der Waals surface area (Å²) in [7, 11) is 0. The molecule has 0 saturated heterocycles. The van der Waals surface area contributed by atoms with Gasteiger partial charge in [0, 0.05) is 0 Å². The molecule has 0 amide bonds. The monoisotopic (exact) mass is 130 g/mol. The van der Waals surface area contributed by atoms with Gasteiger partial charge in [0.25, 0.3) is 0 Å². The Bertz CT molecular complexity index is 45.0. The quantitative estimate of drug-likeness (QED) is 0.314. The molecule has 0 aliphatic carbocycles. The summed E-state index contributed by atoms with van der Waals surface area (Å²) >= 11 is -2.52. The van der Waals surface area contributed by atoms with Crippen molar-refractivity contribution >= 4 is 11.4 Å². The van der Waals surface area contributed by atoms with E-state index in [1.807, 2.05) is 0 Å². The van der Waals surface area contributed by atoms with E-state index in [0.29, 0.717) is 0 Å². The van der Waals surface area contributed by atoms with Gasteiger partial charge in [-0.2, -0.15) is 4.21 Å². The van der Waals surface area contributed by atoms with Gasteiger partial charge in [-0.1, -0.05) is 14.9 Å². The highest BCUT2D eigenvalue weighted by Gasteiger charge is 1.78. The van der Waals surface area contributed by atoms with Gasteiger partial charge in [-0.05, 0) is 0 Å². The van der Waals surface area contributed by atoms with Crippen LogP contribution in [0, 0.1) is 0 Å². The van der Waals surface area contributed by atoms with E-state index in [1.54, 1.807) is 0 Å². The minimum atomic E-state index is -2.52. The van der Waals surface area contributed by atoms with E-state index in [1.165, 1.54) is 0 Å². The van der Waals surface area contributed by atoms with Gasteiger partial charge in [0.05, 0.1) is 0 Å². The molecule has 0 saturated carbocycles. The first-order valence-corrected chi connectivity index (χ1v) is 1.73. The molecule has 48 valence electrons. The van der Waals surface area contributed by atoms with Crippen molar-refractivity contribution in [2.24, 2.45) is 0 Å². The molecule has 0 aromatic heterocycles. The predicted octanol–water partition coefficient (Wildman–Crippen LogP) is 0.885. The lowest BCUT2D eigenvalue weighted by atomic mass is 12.0. The average molecular weight is 130 g/mol. The first-order valence-electron chi connectivity index (χ1n) is 0.698. The third-order valence-corrected chi connectivity index (χ3v) is 0.191. The predicted molar refractivity (Wildman–Crippen MR) is 27.9 cm³/mol. The lowest BCUT2D eigenvalue weighted by Crippen LogP contribution is -1.85. The average Bonchev–Trinajstić information content (AvgIpc) is 1.38. The Hall–Kier alpha value is 0.0300. The Morgan fingerprint density at radius 2 is 1.57 bits per heavy atom. The molecule has 0 aromatic rings. The number of hydrogen-bond acceptors (Lipinski definition) is 3. The van der Waals surface area contributed by atoms with Crippen LogP contribution in [0.2, 0.25) is 0 Å². The van der Waals surface area contributed by atoms with Crippen LogP contribution in [0.25, 0.3) is 0 Å². The molecule has 0 spiro atoms. The van der Waals surface area contributed by atoms with Gasteiger partial charge < -0.3 is 0 Å². The van der Waals surface area contributed by atoms with Crippen LogP contribution in [0.4, 0.5) is 0 Å². The standard InChI is InChI=1S/2CH4.H2O4S/c;;1-4-5(2)3/h2*1H4;1H,(H,2,3). The molecule has 1 atom stereocenters. The van der Waals surface area contributed by atoms with Crippen molar-refractivity contribution in [3.8, 4) is 0 Å². The molecular formula is C2H10O4S. The second-order valence-electron chi connectivity index (χ2n) is 0.292. The molecule has 7 heavy (non-hydrogen) atoms. The Kier molecular flexibility index (Phi) is 21.1. The third kappa shape index (κ3) is 23.8. The molecule has 0 aliphatic heterocycles. The molecule has 4 nitrogen and oxygen atoms in total. The van der Waals surface area contributed by atoms with Gasteiger partial charge in [-0.25, -0.2) is 5.26 Å². The van der Waals surface area contributed by atoms with Crippen LogP contribution in [0.5, 0.6) is 0 Å². The summed E-state index contributed by atoms with van der Waals surface area (Å²) in [6.07, 6.45) is 0. The highest BCUT2D eigenvalue weighted by molar-refractivity contribution is 7.74. The first kappa shape index (κ1) is 15.7. The highest BCUT2D eigenvalue weighted by Crippen LogP contribution is 1.63. The highest BCUT2D eigenvalue weighted by atomic mass is 32.2. The molecule has 2 N–H and O–H groups in total. The van der Waals surface area contributed by atoms with Crippen molar-refractivity contribution in [2.75, 3.05) is 0 Å². The molecule has 1 unspecified atom stereocenters. The zero-order valence-electron chi connectivity index (χ0n) is 2.12. The molecule has 0 aromatic carbocycles. The van der Waals surface area contributed by atoms with E-state index >= 15 is 0 Å². The largest absolute Gasteiger partial charge is 0.330 e. The van der Waals surface area contributed by atoms with E-state index in [4.69, 9.17) is 14.0 Å². The molecular weight excluding hydrogens is 120 g/mol. The Balaban J connectivity index is -0.0000000800. The van der Waals surface area contributed by atoms with E-state index in [9.17, 15) is 0 Å². The summed E-state index contributed by atoms with van der Waals surface area (Å²) < 4.78 is 19.1.